The number of amides is 2. The summed E-state index contributed by atoms with van der Waals surface area (Å²) in [6.45, 7) is 1.92. The van der Waals surface area contributed by atoms with Crippen molar-refractivity contribution >= 4 is 46.0 Å². The summed E-state index contributed by atoms with van der Waals surface area (Å²) in [7, 11) is 3.10. The van der Waals surface area contributed by atoms with Crippen molar-refractivity contribution in [2.45, 2.75) is 24.6 Å². The minimum Gasteiger partial charge on any atom is -0.497 e. The number of amidine groups is 2. The molecule has 0 bridgehead atoms. The van der Waals surface area contributed by atoms with Gasteiger partial charge in [-0.05, 0) is 36.2 Å². The van der Waals surface area contributed by atoms with Crippen molar-refractivity contribution in [2.24, 2.45) is 9.98 Å². The molecule has 2 atom stereocenters. The molecule has 0 aliphatic carbocycles. The van der Waals surface area contributed by atoms with E-state index in [9.17, 15) is 9.59 Å². The van der Waals surface area contributed by atoms with Gasteiger partial charge in [0.1, 0.15) is 17.3 Å². The topological polar surface area (TPSA) is 92.6 Å². The van der Waals surface area contributed by atoms with Gasteiger partial charge in [-0.15, -0.1) is 0 Å². The number of nitrogens with one attached hydrogen (secondary N) is 1. The Balaban J connectivity index is 1.44. The minimum absolute atomic E-state index is 0.186. The number of fused-ring (bicyclic) bond motifs is 3. The molecule has 3 aromatic rings. The van der Waals surface area contributed by atoms with Crippen LogP contribution in [0.25, 0.3) is 0 Å². The zero-order valence-corrected chi connectivity index (χ0v) is 21.5. The van der Waals surface area contributed by atoms with Crippen LogP contribution in [0.1, 0.15) is 30.5 Å². The van der Waals surface area contributed by atoms with Gasteiger partial charge >= 0.3 is 0 Å². The van der Waals surface area contributed by atoms with Crippen LogP contribution in [0.5, 0.6) is 11.5 Å². The van der Waals surface area contributed by atoms with E-state index in [1.165, 1.54) is 18.9 Å². The third kappa shape index (κ3) is 4.70. The highest BCUT2D eigenvalue weighted by molar-refractivity contribution is 8.15. The van der Waals surface area contributed by atoms with E-state index in [2.05, 4.69) is 5.32 Å². The smallest absolute Gasteiger partial charge is 0.263 e. The number of hydrogen-bond donors (Lipinski definition) is 1. The summed E-state index contributed by atoms with van der Waals surface area (Å²) in [6, 6.07) is 21.6. The van der Waals surface area contributed by atoms with Crippen LogP contribution in [0.2, 0.25) is 0 Å². The number of methoxy groups -OCH3 is 2. The van der Waals surface area contributed by atoms with Gasteiger partial charge in [-0.2, -0.15) is 0 Å². The zero-order chi connectivity index (χ0) is 25.9. The van der Waals surface area contributed by atoms with Gasteiger partial charge in [0.05, 0.1) is 30.8 Å². The maximum absolute atomic E-state index is 13.6. The van der Waals surface area contributed by atoms with Crippen LogP contribution in [0.15, 0.2) is 82.8 Å². The van der Waals surface area contributed by atoms with Gasteiger partial charge in [-0.1, -0.05) is 61.2 Å². The molecule has 0 unspecified atom stereocenters. The standard InChI is InChI=1S/C28H26N4O4S/c1-4-23(26(33)29-21-15-14-18(35-2)16-22(21)36-3)37-28-30-20-13-9-8-12-19(20)25-31-24(27(34)32(25)28)17-10-6-5-7-11-17/h5-16,23-24H,4H2,1-3H3,(H,29,33)/t23-,24+/m1/s1. The molecule has 2 amide bonds. The first-order valence-electron chi connectivity index (χ1n) is 11.9. The Morgan fingerprint density at radius 1 is 1.05 bits per heavy atom. The summed E-state index contributed by atoms with van der Waals surface area (Å²) < 4.78 is 10.7. The Labute approximate surface area is 219 Å². The highest BCUT2D eigenvalue weighted by atomic mass is 32.2. The lowest BCUT2D eigenvalue weighted by molar-refractivity contribution is -0.124. The first-order valence-corrected chi connectivity index (χ1v) is 12.8. The average Bonchev–Trinajstić information content (AvgIpc) is 3.29. The lowest BCUT2D eigenvalue weighted by Crippen LogP contribution is -2.41. The van der Waals surface area contributed by atoms with Crippen LogP contribution in [-0.4, -0.2) is 47.2 Å². The van der Waals surface area contributed by atoms with E-state index >= 15 is 0 Å². The summed E-state index contributed by atoms with van der Waals surface area (Å²) in [5, 5.41) is 2.87. The number of carbonyl (C=O) groups is 2. The summed E-state index contributed by atoms with van der Waals surface area (Å²) in [5.41, 5.74) is 2.85. The predicted octanol–water partition coefficient (Wildman–Crippen LogP) is 5.19. The lowest BCUT2D eigenvalue weighted by atomic mass is 10.1. The van der Waals surface area contributed by atoms with E-state index in [-0.39, 0.29) is 11.8 Å². The summed E-state index contributed by atoms with van der Waals surface area (Å²) in [4.78, 5) is 38.1. The summed E-state index contributed by atoms with van der Waals surface area (Å²) in [5.74, 6) is 1.26. The normalized spacial score (nSPS) is 16.8. The van der Waals surface area contributed by atoms with E-state index < -0.39 is 11.3 Å². The zero-order valence-electron chi connectivity index (χ0n) is 20.7. The number of hydrogen-bond acceptors (Lipinski definition) is 7. The Kier molecular flexibility index (Phi) is 6.96. The van der Waals surface area contributed by atoms with Crippen LogP contribution in [0, 0.1) is 0 Å². The van der Waals surface area contributed by atoms with Gasteiger partial charge in [-0.3, -0.25) is 9.59 Å². The molecule has 0 spiro atoms. The molecule has 0 aromatic heterocycles. The molecule has 2 aliphatic heterocycles. The quantitative estimate of drug-likeness (QED) is 0.469. The van der Waals surface area contributed by atoms with Crippen molar-refractivity contribution in [1.82, 2.24) is 4.90 Å². The molecule has 37 heavy (non-hydrogen) atoms. The maximum atomic E-state index is 13.6. The summed E-state index contributed by atoms with van der Waals surface area (Å²) in [6.07, 6.45) is 0.520. The summed E-state index contributed by atoms with van der Waals surface area (Å²) >= 11 is 1.25. The number of rotatable bonds is 7. The van der Waals surface area contributed by atoms with Crippen LogP contribution in [0.4, 0.5) is 11.4 Å². The molecule has 3 aromatic carbocycles. The molecule has 5 rings (SSSR count). The second-order valence-electron chi connectivity index (χ2n) is 8.42. The van der Waals surface area contributed by atoms with Crippen molar-refractivity contribution in [3.8, 4) is 11.5 Å². The third-order valence-corrected chi connectivity index (χ3v) is 7.48. The number of ether oxygens (including phenoxy) is 2. The molecule has 188 valence electrons. The van der Waals surface area contributed by atoms with Crippen molar-refractivity contribution in [3.05, 3.63) is 83.9 Å². The molecular formula is C28H26N4O4S. The van der Waals surface area contributed by atoms with E-state index in [0.29, 0.717) is 40.3 Å². The highest BCUT2D eigenvalue weighted by Gasteiger charge is 2.43. The maximum Gasteiger partial charge on any atom is 0.263 e. The number of thioether (sulfide) groups is 1. The highest BCUT2D eigenvalue weighted by Crippen LogP contribution is 2.39. The Morgan fingerprint density at radius 3 is 2.54 bits per heavy atom. The van der Waals surface area contributed by atoms with Crippen LogP contribution in [-0.2, 0) is 9.59 Å². The monoisotopic (exact) mass is 514 g/mol. The van der Waals surface area contributed by atoms with Crippen LogP contribution in [0.3, 0.4) is 0 Å². The molecule has 2 heterocycles. The van der Waals surface area contributed by atoms with E-state index in [1.54, 1.807) is 30.2 Å². The Bertz CT molecular complexity index is 1410. The molecule has 0 saturated heterocycles. The Morgan fingerprint density at radius 2 is 1.81 bits per heavy atom. The molecule has 0 saturated carbocycles. The average molecular weight is 515 g/mol. The number of aliphatic imine (C=N–C) groups is 2. The lowest BCUT2D eigenvalue weighted by Gasteiger charge is -2.27. The van der Waals surface area contributed by atoms with Crippen molar-refractivity contribution < 1.29 is 19.1 Å². The second kappa shape index (κ2) is 10.5. The molecule has 0 fully saturated rings. The van der Waals surface area contributed by atoms with Crippen LogP contribution >= 0.6 is 11.8 Å². The second-order valence-corrected chi connectivity index (χ2v) is 9.59. The number of benzene rings is 3. The first-order chi connectivity index (χ1) is 18.0. The number of nitrogens with zero attached hydrogens (tertiary/aromatic N) is 3. The van der Waals surface area contributed by atoms with Crippen LogP contribution < -0.4 is 14.8 Å². The van der Waals surface area contributed by atoms with E-state index in [4.69, 9.17) is 19.5 Å². The fraction of sp³-hybridized carbons (Fsp3) is 0.214. The van der Waals surface area contributed by atoms with Crippen molar-refractivity contribution in [3.63, 3.8) is 0 Å². The fourth-order valence-corrected chi connectivity index (χ4v) is 5.27. The predicted molar refractivity (Wildman–Crippen MR) is 146 cm³/mol. The van der Waals surface area contributed by atoms with E-state index in [1.807, 2.05) is 61.5 Å². The van der Waals surface area contributed by atoms with Crippen molar-refractivity contribution in [1.29, 1.82) is 0 Å². The van der Waals surface area contributed by atoms with Crippen molar-refractivity contribution in [2.75, 3.05) is 19.5 Å². The van der Waals surface area contributed by atoms with Gasteiger partial charge in [-0.25, -0.2) is 14.9 Å². The van der Waals surface area contributed by atoms with Gasteiger partial charge in [0.2, 0.25) is 5.91 Å². The number of para-hydroxylation sites is 1. The fourth-order valence-electron chi connectivity index (χ4n) is 4.25. The number of carbonyl (C=O) groups excluding carboxylic acids is 2. The molecule has 1 N–H and O–H groups in total. The largest absolute Gasteiger partial charge is 0.497 e. The SMILES string of the molecule is CC[C@@H](SC1=Nc2ccccc2C2=N[C@@H](c3ccccc3)C(=O)N12)C(=O)Nc1ccc(OC)cc1OC. The first kappa shape index (κ1) is 24.6. The molecule has 2 aliphatic rings. The third-order valence-electron chi connectivity index (χ3n) is 6.16. The number of anilines is 1. The van der Waals surface area contributed by atoms with Gasteiger partial charge in [0.25, 0.3) is 5.91 Å². The molecule has 8 nitrogen and oxygen atoms in total. The molecular weight excluding hydrogens is 488 g/mol. The van der Waals surface area contributed by atoms with Gasteiger partial charge < -0.3 is 14.8 Å². The Hall–Kier alpha value is -4.11. The van der Waals surface area contributed by atoms with Gasteiger partial charge in [0.15, 0.2) is 11.2 Å². The van der Waals surface area contributed by atoms with Gasteiger partial charge in [0, 0.05) is 11.6 Å². The molecule has 9 heteroatoms. The van der Waals surface area contributed by atoms with E-state index in [0.717, 1.165) is 11.1 Å². The molecule has 0 radical (unpaired) electrons. The minimum atomic E-state index is -0.661.